The lowest BCUT2D eigenvalue weighted by Gasteiger charge is -2.29. The summed E-state index contributed by atoms with van der Waals surface area (Å²) < 4.78 is 51.8. The highest BCUT2D eigenvalue weighted by molar-refractivity contribution is 5.51. The van der Waals surface area contributed by atoms with Gasteiger partial charge in [0.1, 0.15) is 5.82 Å². The molecule has 1 atom stereocenters. The first kappa shape index (κ1) is 15.8. The maximum absolute atomic E-state index is 14.2. The van der Waals surface area contributed by atoms with Crippen LogP contribution < -0.4 is 10.2 Å². The molecule has 1 aliphatic rings. The molecule has 1 aliphatic heterocycles. The molecule has 0 bridgehead atoms. The normalized spacial score (nSPS) is 17.6. The Bertz CT molecular complexity index is 537. The van der Waals surface area contributed by atoms with Crippen molar-refractivity contribution >= 4 is 5.69 Å². The van der Waals surface area contributed by atoms with Crippen LogP contribution in [0, 0.1) is 5.82 Å². The predicted octanol–water partition coefficient (Wildman–Crippen LogP) is 3.80. The number of alkyl halides is 3. The smallest absolute Gasteiger partial charge is 0.365 e. The lowest BCUT2D eigenvalue weighted by Crippen LogP contribution is -2.32. The van der Waals surface area contributed by atoms with E-state index in [1.54, 1.807) is 24.1 Å². The second kappa shape index (κ2) is 6.05. The quantitative estimate of drug-likeness (QED) is 0.675. The number of hydrogen-bond donors (Lipinski definition) is 1. The van der Waals surface area contributed by atoms with Gasteiger partial charge in [-0.15, -0.1) is 0 Å². The van der Waals surface area contributed by atoms with Crippen molar-refractivity contribution in [1.82, 2.24) is 5.32 Å². The van der Waals surface area contributed by atoms with Crippen LogP contribution in [0.25, 0.3) is 0 Å². The maximum atomic E-state index is 14.2. The third-order valence-electron chi connectivity index (χ3n) is 3.82. The average molecular weight is 302 g/mol. The number of halogens is 4. The van der Waals surface area contributed by atoms with Gasteiger partial charge in [0.2, 0.25) is 0 Å². The summed E-state index contributed by atoms with van der Waals surface area (Å²) in [7, 11) is 1.78. The van der Waals surface area contributed by atoms with E-state index in [0.717, 1.165) is 11.6 Å². The number of benzene rings is 1. The van der Waals surface area contributed by atoms with Crippen LogP contribution in [0.5, 0.6) is 0 Å². The topological polar surface area (TPSA) is 15.3 Å². The van der Waals surface area contributed by atoms with Gasteiger partial charge in [-0.1, -0.05) is 12.1 Å². The van der Waals surface area contributed by atoms with Crippen LogP contribution in [-0.2, 0) is 0 Å². The Morgan fingerprint density at radius 1 is 1.29 bits per heavy atom. The Hall–Kier alpha value is -1.56. The minimum absolute atomic E-state index is 0.0200. The summed E-state index contributed by atoms with van der Waals surface area (Å²) in [5, 5.41) is 3.02. The first-order valence-corrected chi connectivity index (χ1v) is 6.81. The zero-order valence-corrected chi connectivity index (χ0v) is 12.0. The summed E-state index contributed by atoms with van der Waals surface area (Å²) in [4.78, 5) is 1.62. The van der Waals surface area contributed by atoms with Gasteiger partial charge < -0.3 is 10.2 Å². The molecule has 0 aromatic heterocycles. The van der Waals surface area contributed by atoms with Crippen molar-refractivity contribution in [2.75, 3.05) is 25.0 Å². The molecule has 6 heteroatoms. The second-order valence-electron chi connectivity index (χ2n) is 5.14. The summed E-state index contributed by atoms with van der Waals surface area (Å²) in [6.45, 7) is 2.16. The Morgan fingerprint density at radius 2 is 2.00 bits per heavy atom. The van der Waals surface area contributed by atoms with Gasteiger partial charge in [0.25, 0.3) is 0 Å². The van der Waals surface area contributed by atoms with Crippen LogP contribution in [0.1, 0.15) is 24.9 Å². The molecule has 1 N–H and O–H groups in total. The van der Waals surface area contributed by atoms with Gasteiger partial charge >= 0.3 is 6.18 Å². The number of anilines is 1. The van der Waals surface area contributed by atoms with Gasteiger partial charge in [0.15, 0.2) is 0 Å². The summed E-state index contributed by atoms with van der Waals surface area (Å²) in [5.74, 6) is -0.404. The summed E-state index contributed by atoms with van der Waals surface area (Å²) in [6.07, 6.45) is -3.26. The highest BCUT2D eigenvalue weighted by atomic mass is 19.4. The van der Waals surface area contributed by atoms with Crippen LogP contribution in [-0.4, -0.2) is 26.3 Å². The van der Waals surface area contributed by atoms with E-state index in [-0.39, 0.29) is 25.6 Å². The molecule has 1 heterocycles. The minimum Gasteiger partial charge on any atom is -0.365 e. The summed E-state index contributed by atoms with van der Waals surface area (Å²) in [5.41, 5.74) is 0.626. The molecule has 1 aromatic rings. The predicted molar refractivity (Wildman–Crippen MR) is 74.8 cm³/mol. The third-order valence-corrected chi connectivity index (χ3v) is 3.82. The van der Waals surface area contributed by atoms with E-state index in [4.69, 9.17) is 0 Å². The fourth-order valence-electron chi connectivity index (χ4n) is 2.36. The molecular weight excluding hydrogens is 284 g/mol. The molecule has 0 amide bonds. The van der Waals surface area contributed by atoms with Crippen molar-refractivity contribution in [3.63, 3.8) is 0 Å². The molecule has 2 rings (SSSR count). The Labute approximate surface area is 121 Å². The van der Waals surface area contributed by atoms with Crippen LogP contribution >= 0.6 is 0 Å². The van der Waals surface area contributed by atoms with Gasteiger partial charge in [-0.3, -0.25) is 0 Å². The first-order chi connectivity index (χ1) is 9.82. The number of rotatable bonds is 3. The minimum atomic E-state index is -4.28. The fourth-order valence-corrected chi connectivity index (χ4v) is 2.36. The van der Waals surface area contributed by atoms with E-state index in [1.165, 1.54) is 6.07 Å². The molecule has 2 nitrogen and oxygen atoms in total. The van der Waals surface area contributed by atoms with Crippen LogP contribution in [0.3, 0.4) is 0 Å². The van der Waals surface area contributed by atoms with Gasteiger partial charge in [0, 0.05) is 24.7 Å². The van der Waals surface area contributed by atoms with Gasteiger partial charge in [-0.25, -0.2) is 4.39 Å². The Kier molecular flexibility index (Phi) is 4.56. The van der Waals surface area contributed by atoms with E-state index in [0.29, 0.717) is 5.69 Å². The van der Waals surface area contributed by atoms with Crippen molar-refractivity contribution in [3.8, 4) is 0 Å². The van der Waals surface area contributed by atoms with E-state index in [1.807, 2.05) is 6.92 Å². The maximum Gasteiger partial charge on any atom is 0.412 e. The summed E-state index contributed by atoms with van der Waals surface area (Å²) >= 11 is 0. The van der Waals surface area contributed by atoms with E-state index in [2.05, 4.69) is 5.32 Å². The van der Waals surface area contributed by atoms with Crippen molar-refractivity contribution in [3.05, 3.63) is 41.2 Å². The van der Waals surface area contributed by atoms with Crippen LogP contribution in [0.4, 0.5) is 23.2 Å². The zero-order chi connectivity index (χ0) is 15.6. The van der Waals surface area contributed by atoms with Gasteiger partial charge in [-0.05, 0) is 38.1 Å². The Morgan fingerprint density at radius 3 is 2.48 bits per heavy atom. The number of nitrogens with one attached hydrogen (secondary N) is 1. The molecular formula is C15H18F4N2. The molecule has 21 heavy (non-hydrogen) atoms. The summed E-state index contributed by atoms with van der Waals surface area (Å²) in [6, 6.07) is 4.87. The highest BCUT2D eigenvalue weighted by Gasteiger charge is 2.35. The molecule has 0 saturated heterocycles. The average Bonchev–Trinajstić information content (AvgIpc) is 2.45. The fraction of sp³-hybridized carbons (Fsp3) is 0.467. The van der Waals surface area contributed by atoms with Gasteiger partial charge in [-0.2, -0.15) is 13.2 Å². The largest absolute Gasteiger partial charge is 0.412 e. The van der Waals surface area contributed by atoms with Crippen molar-refractivity contribution < 1.29 is 17.6 Å². The zero-order valence-electron chi connectivity index (χ0n) is 12.0. The van der Waals surface area contributed by atoms with Crippen molar-refractivity contribution in [2.24, 2.45) is 0 Å². The molecule has 0 aliphatic carbocycles. The van der Waals surface area contributed by atoms with E-state index < -0.39 is 17.6 Å². The highest BCUT2D eigenvalue weighted by Crippen LogP contribution is 2.32. The molecule has 116 valence electrons. The van der Waals surface area contributed by atoms with Crippen LogP contribution in [0.2, 0.25) is 0 Å². The molecule has 0 saturated carbocycles. The monoisotopic (exact) mass is 302 g/mol. The van der Waals surface area contributed by atoms with Gasteiger partial charge in [0.05, 0.1) is 5.69 Å². The van der Waals surface area contributed by atoms with E-state index in [9.17, 15) is 17.6 Å². The number of nitrogens with zero attached hydrogens (tertiary/aromatic N) is 1. The lowest BCUT2D eigenvalue weighted by atomic mass is 10.0. The SMILES string of the molecule is CNC(C)c1ccc(N2CC=C(C(F)(F)F)CC2)c(F)c1. The van der Waals surface area contributed by atoms with E-state index >= 15 is 0 Å². The standard InChI is InChI=1S/C15H18F4N2/c1-10(20-2)11-3-4-14(13(16)9-11)21-7-5-12(6-8-21)15(17,18)19/h3-5,9-10,20H,6-8H2,1-2H3. The molecule has 0 radical (unpaired) electrons. The number of hydrogen-bond acceptors (Lipinski definition) is 2. The van der Waals surface area contributed by atoms with Crippen LogP contribution in [0.15, 0.2) is 29.8 Å². The second-order valence-corrected chi connectivity index (χ2v) is 5.14. The molecule has 0 spiro atoms. The lowest BCUT2D eigenvalue weighted by molar-refractivity contribution is -0.0943. The molecule has 1 unspecified atom stereocenters. The van der Waals surface area contributed by atoms with Crippen molar-refractivity contribution in [2.45, 2.75) is 25.6 Å². The first-order valence-electron chi connectivity index (χ1n) is 6.81. The molecule has 0 fully saturated rings. The third kappa shape index (κ3) is 3.56. The Balaban J connectivity index is 2.16. The molecule has 1 aromatic carbocycles. The van der Waals surface area contributed by atoms with Crippen molar-refractivity contribution in [1.29, 1.82) is 0 Å².